The number of nitrogens with one attached hydrogen (secondary N) is 1. The molecule has 2 amide bonds. The third-order valence-electron chi connectivity index (χ3n) is 5.33. The van der Waals surface area contributed by atoms with E-state index < -0.39 is 0 Å². The van der Waals surface area contributed by atoms with Crippen molar-refractivity contribution in [3.8, 4) is 5.75 Å². The highest BCUT2D eigenvalue weighted by molar-refractivity contribution is 5.86. The van der Waals surface area contributed by atoms with Crippen LogP contribution in [0.15, 0.2) is 24.3 Å². The number of amides is 2. The Bertz CT molecular complexity index is 632. The highest BCUT2D eigenvalue weighted by atomic mass is 16.5. The smallest absolute Gasteiger partial charge is 0.239 e. The fourth-order valence-electron chi connectivity index (χ4n) is 4.02. The Balaban J connectivity index is 1.66. The van der Waals surface area contributed by atoms with Crippen LogP contribution < -0.4 is 10.1 Å². The van der Waals surface area contributed by atoms with Gasteiger partial charge in [-0.2, -0.15) is 0 Å². The molecule has 2 aliphatic rings. The van der Waals surface area contributed by atoms with Crippen LogP contribution in [0, 0.1) is 0 Å². The molecule has 0 radical (unpaired) electrons. The molecular formula is C20H29N3O3. The Hall–Kier alpha value is -2.08. The van der Waals surface area contributed by atoms with Crippen LogP contribution in [0.25, 0.3) is 0 Å². The van der Waals surface area contributed by atoms with Crippen molar-refractivity contribution >= 4 is 11.8 Å². The average Bonchev–Trinajstić information content (AvgIpc) is 3.22. The van der Waals surface area contributed by atoms with E-state index in [2.05, 4.69) is 29.3 Å². The van der Waals surface area contributed by atoms with Crippen molar-refractivity contribution in [1.29, 1.82) is 0 Å². The zero-order valence-corrected chi connectivity index (χ0v) is 15.7. The van der Waals surface area contributed by atoms with Gasteiger partial charge in [0.15, 0.2) is 0 Å². The lowest BCUT2D eigenvalue weighted by molar-refractivity contribution is -0.133. The lowest BCUT2D eigenvalue weighted by atomic mass is 9.94. The molecule has 0 saturated carbocycles. The summed E-state index contributed by atoms with van der Waals surface area (Å²) < 4.78 is 5.25. The van der Waals surface area contributed by atoms with Crippen LogP contribution in [0.5, 0.6) is 5.75 Å². The van der Waals surface area contributed by atoms with Crippen LogP contribution in [0.4, 0.5) is 0 Å². The van der Waals surface area contributed by atoms with E-state index in [1.54, 1.807) is 12.0 Å². The molecule has 6 heteroatoms. The molecule has 0 aromatic heterocycles. The van der Waals surface area contributed by atoms with E-state index in [1.807, 2.05) is 12.1 Å². The molecule has 2 atom stereocenters. The minimum atomic E-state index is -0.0536. The first-order valence-electron chi connectivity index (χ1n) is 9.54. The van der Waals surface area contributed by atoms with E-state index >= 15 is 0 Å². The largest absolute Gasteiger partial charge is 0.497 e. The summed E-state index contributed by atoms with van der Waals surface area (Å²) in [7, 11) is 1.66. The zero-order chi connectivity index (χ0) is 18.5. The summed E-state index contributed by atoms with van der Waals surface area (Å²) in [6.45, 7) is 5.87. The van der Waals surface area contributed by atoms with E-state index in [9.17, 15) is 9.59 Å². The number of hydrogen-bond donors (Lipinski definition) is 1. The molecule has 3 rings (SSSR count). The molecule has 2 saturated heterocycles. The number of hydrogen-bond acceptors (Lipinski definition) is 4. The van der Waals surface area contributed by atoms with Crippen molar-refractivity contribution in [3.63, 3.8) is 0 Å². The standard InChI is InChI=1S/C20H29N3O3/c1-3-10-22-12-17(15-6-8-16(26-2)9-7-15)18(13-22)21-19(24)14-23-11-4-5-20(23)25/h6-9,17-18H,3-5,10-14H2,1-2H3,(H,21,24)/t17-,18+/m1/s1. The van der Waals surface area contributed by atoms with Gasteiger partial charge in [-0.1, -0.05) is 19.1 Å². The third-order valence-corrected chi connectivity index (χ3v) is 5.33. The summed E-state index contributed by atoms with van der Waals surface area (Å²) in [4.78, 5) is 28.3. The number of likely N-dealkylation sites (tertiary alicyclic amines) is 2. The molecule has 1 aromatic rings. The summed E-state index contributed by atoms with van der Waals surface area (Å²) in [6, 6.07) is 8.18. The summed E-state index contributed by atoms with van der Waals surface area (Å²) in [5.74, 6) is 1.13. The number of benzene rings is 1. The quantitative estimate of drug-likeness (QED) is 0.803. The molecule has 0 spiro atoms. The molecule has 0 unspecified atom stereocenters. The Morgan fingerprint density at radius 2 is 2.04 bits per heavy atom. The van der Waals surface area contributed by atoms with Crippen molar-refractivity contribution < 1.29 is 14.3 Å². The predicted molar refractivity (Wildman–Crippen MR) is 100 cm³/mol. The predicted octanol–water partition coefficient (Wildman–Crippen LogP) is 1.61. The van der Waals surface area contributed by atoms with Crippen LogP contribution in [-0.2, 0) is 9.59 Å². The highest BCUT2D eigenvalue weighted by Gasteiger charge is 2.35. The van der Waals surface area contributed by atoms with Gasteiger partial charge in [0.25, 0.3) is 0 Å². The molecule has 0 aliphatic carbocycles. The number of nitrogens with zero attached hydrogens (tertiary/aromatic N) is 2. The highest BCUT2D eigenvalue weighted by Crippen LogP contribution is 2.29. The van der Waals surface area contributed by atoms with E-state index in [1.165, 1.54) is 5.56 Å². The number of carbonyl (C=O) groups is 2. The van der Waals surface area contributed by atoms with E-state index in [-0.39, 0.29) is 30.3 Å². The maximum Gasteiger partial charge on any atom is 0.239 e. The zero-order valence-electron chi connectivity index (χ0n) is 15.7. The van der Waals surface area contributed by atoms with Gasteiger partial charge in [0.1, 0.15) is 5.75 Å². The van der Waals surface area contributed by atoms with Gasteiger partial charge in [0.2, 0.25) is 11.8 Å². The van der Waals surface area contributed by atoms with Crippen molar-refractivity contribution in [1.82, 2.24) is 15.1 Å². The van der Waals surface area contributed by atoms with Gasteiger partial charge in [-0.15, -0.1) is 0 Å². The maximum atomic E-state index is 12.5. The number of rotatable bonds is 7. The average molecular weight is 359 g/mol. The first-order chi connectivity index (χ1) is 12.6. The summed E-state index contributed by atoms with van der Waals surface area (Å²) in [6.07, 6.45) is 2.52. The third kappa shape index (κ3) is 4.36. The summed E-state index contributed by atoms with van der Waals surface area (Å²) >= 11 is 0. The molecule has 6 nitrogen and oxygen atoms in total. The van der Waals surface area contributed by atoms with Gasteiger partial charge in [-0.05, 0) is 37.1 Å². The Morgan fingerprint density at radius 3 is 2.65 bits per heavy atom. The lowest BCUT2D eigenvalue weighted by Gasteiger charge is -2.22. The summed E-state index contributed by atoms with van der Waals surface area (Å²) in [5, 5.41) is 3.19. The molecule has 1 aromatic carbocycles. The molecule has 2 aliphatic heterocycles. The second-order valence-electron chi connectivity index (χ2n) is 7.23. The molecule has 2 fully saturated rings. The second-order valence-corrected chi connectivity index (χ2v) is 7.23. The van der Waals surface area contributed by atoms with Gasteiger partial charge >= 0.3 is 0 Å². The van der Waals surface area contributed by atoms with E-state index in [0.717, 1.165) is 38.2 Å². The SMILES string of the molecule is CCCN1C[C@H](NC(=O)CN2CCCC2=O)[C@@H](c2ccc(OC)cc2)C1. The Labute approximate surface area is 155 Å². The first-order valence-corrected chi connectivity index (χ1v) is 9.54. The van der Waals surface area contributed by atoms with Crippen molar-refractivity contribution in [2.24, 2.45) is 0 Å². The molecule has 142 valence electrons. The monoisotopic (exact) mass is 359 g/mol. The molecule has 1 N–H and O–H groups in total. The lowest BCUT2D eigenvalue weighted by Crippen LogP contribution is -2.45. The van der Waals surface area contributed by atoms with Crippen molar-refractivity contribution in [3.05, 3.63) is 29.8 Å². The van der Waals surface area contributed by atoms with Gasteiger partial charge in [0, 0.05) is 38.0 Å². The van der Waals surface area contributed by atoms with E-state index in [0.29, 0.717) is 13.0 Å². The number of ether oxygens (including phenoxy) is 1. The van der Waals surface area contributed by atoms with Gasteiger partial charge in [-0.3, -0.25) is 9.59 Å². The van der Waals surface area contributed by atoms with Gasteiger partial charge < -0.3 is 19.9 Å². The second kappa shape index (κ2) is 8.54. The fourth-order valence-corrected chi connectivity index (χ4v) is 4.02. The van der Waals surface area contributed by atoms with Crippen molar-refractivity contribution in [2.45, 2.75) is 38.1 Å². The number of carbonyl (C=O) groups excluding carboxylic acids is 2. The minimum absolute atomic E-state index is 0.0536. The first kappa shape index (κ1) is 18.7. The van der Waals surface area contributed by atoms with Crippen LogP contribution >= 0.6 is 0 Å². The van der Waals surface area contributed by atoms with Gasteiger partial charge in [0.05, 0.1) is 13.7 Å². The van der Waals surface area contributed by atoms with Crippen LogP contribution in [0.2, 0.25) is 0 Å². The van der Waals surface area contributed by atoms with E-state index in [4.69, 9.17) is 4.74 Å². The van der Waals surface area contributed by atoms with Gasteiger partial charge in [-0.25, -0.2) is 0 Å². The fraction of sp³-hybridized carbons (Fsp3) is 0.600. The molecular weight excluding hydrogens is 330 g/mol. The topological polar surface area (TPSA) is 61.9 Å². The van der Waals surface area contributed by atoms with Crippen LogP contribution in [0.3, 0.4) is 0 Å². The molecule has 2 heterocycles. The minimum Gasteiger partial charge on any atom is -0.497 e. The van der Waals surface area contributed by atoms with Crippen LogP contribution in [0.1, 0.15) is 37.7 Å². The number of methoxy groups -OCH3 is 1. The van der Waals surface area contributed by atoms with Crippen LogP contribution in [-0.4, -0.2) is 67.5 Å². The van der Waals surface area contributed by atoms with Crippen molar-refractivity contribution in [2.75, 3.05) is 39.8 Å². The Morgan fingerprint density at radius 1 is 1.27 bits per heavy atom. The maximum absolute atomic E-state index is 12.5. The molecule has 0 bridgehead atoms. The summed E-state index contributed by atoms with van der Waals surface area (Å²) in [5.41, 5.74) is 1.21. The normalized spacial score (nSPS) is 23.5. The molecule has 26 heavy (non-hydrogen) atoms. The Kier molecular flexibility index (Phi) is 6.14.